The summed E-state index contributed by atoms with van der Waals surface area (Å²) in [4.78, 5) is 15.1. The van der Waals surface area contributed by atoms with Crippen LogP contribution in [0.1, 0.15) is 5.69 Å². The number of nitrogens with one attached hydrogen (secondary N) is 1. The Hall–Kier alpha value is -1.81. The molecule has 1 N–H and O–H groups in total. The van der Waals surface area contributed by atoms with E-state index in [0.29, 0.717) is 13.2 Å². The van der Waals surface area contributed by atoms with Gasteiger partial charge >= 0.3 is 5.97 Å². The van der Waals surface area contributed by atoms with Gasteiger partial charge in [0.2, 0.25) is 0 Å². The minimum Gasteiger partial charge on any atom is -0.468 e. The molecule has 1 aromatic carbocycles. The van der Waals surface area contributed by atoms with Crippen LogP contribution < -0.4 is 0 Å². The first-order valence-electron chi connectivity index (χ1n) is 5.51. The van der Waals surface area contributed by atoms with Crippen LogP contribution in [0.5, 0.6) is 0 Å². The van der Waals surface area contributed by atoms with Gasteiger partial charge in [0, 0.05) is 11.2 Å². The quantitative estimate of drug-likeness (QED) is 0.799. The zero-order valence-corrected chi connectivity index (χ0v) is 9.53. The predicted molar refractivity (Wildman–Crippen MR) is 62.8 cm³/mol. The van der Waals surface area contributed by atoms with Crippen molar-refractivity contribution in [2.24, 2.45) is 0 Å². The van der Waals surface area contributed by atoms with Gasteiger partial charge in [0.25, 0.3) is 0 Å². The van der Waals surface area contributed by atoms with Crippen molar-refractivity contribution in [2.75, 3.05) is 20.3 Å². The molecule has 4 heteroatoms. The fraction of sp³-hybridized carbons (Fsp3) is 0.308. The first kappa shape index (κ1) is 10.4. The lowest BCUT2D eigenvalue weighted by Gasteiger charge is -2.37. The van der Waals surface area contributed by atoms with Crippen LogP contribution in [0.3, 0.4) is 0 Å². The van der Waals surface area contributed by atoms with E-state index in [9.17, 15) is 4.79 Å². The summed E-state index contributed by atoms with van der Waals surface area (Å²) in [5.74, 6) is -0.240. The zero-order chi connectivity index (χ0) is 11.9. The maximum atomic E-state index is 11.9. The maximum absolute atomic E-state index is 11.9. The molecule has 0 bridgehead atoms. The molecule has 1 fully saturated rings. The van der Waals surface area contributed by atoms with Gasteiger partial charge in [0.1, 0.15) is 0 Å². The number of ether oxygens (including phenoxy) is 2. The second-order valence-electron chi connectivity index (χ2n) is 4.34. The average molecular weight is 231 g/mol. The molecule has 0 radical (unpaired) electrons. The Morgan fingerprint density at radius 2 is 2.18 bits per heavy atom. The monoisotopic (exact) mass is 231 g/mol. The smallest absolute Gasteiger partial charge is 0.322 e. The first-order valence-corrected chi connectivity index (χ1v) is 5.51. The van der Waals surface area contributed by atoms with Gasteiger partial charge in [0.15, 0.2) is 5.41 Å². The number of benzene rings is 1. The molecule has 0 unspecified atom stereocenters. The average Bonchev–Trinajstić information content (AvgIpc) is 2.70. The highest BCUT2D eigenvalue weighted by atomic mass is 16.5. The van der Waals surface area contributed by atoms with E-state index in [1.807, 2.05) is 30.3 Å². The van der Waals surface area contributed by atoms with E-state index < -0.39 is 5.41 Å². The highest BCUT2D eigenvalue weighted by Gasteiger charge is 2.49. The molecule has 2 aromatic rings. The van der Waals surface area contributed by atoms with Crippen LogP contribution in [0.25, 0.3) is 10.9 Å². The summed E-state index contributed by atoms with van der Waals surface area (Å²) >= 11 is 0. The summed E-state index contributed by atoms with van der Waals surface area (Å²) in [5.41, 5.74) is 1.25. The Morgan fingerprint density at radius 3 is 2.76 bits per heavy atom. The number of methoxy groups -OCH3 is 1. The summed E-state index contributed by atoms with van der Waals surface area (Å²) in [6.07, 6.45) is 0. The standard InChI is InChI=1S/C13H13NO3/c1-16-12(15)13(7-17-8-13)11-6-9-4-2-3-5-10(9)14-11/h2-6,14H,7-8H2,1H3. The van der Waals surface area contributed by atoms with E-state index in [0.717, 1.165) is 16.6 Å². The summed E-state index contributed by atoms with van der Waals surface area (Å²) < 4.78 is 10.1. The van der Waals surface area contributed by atoms with Crippen LogP contribution in [0.4, 0.5) is 0 Å². The Morgan fingerprint density at radius 1 is 1.41 bits per heavy atom. The number of hydrogen-bond donors (Lipinski definition) is 1. The molecule has 1 aromatic heterocycles. The van der Waals surface area contributed by atoms with Crippen molar-refractivity contribution in [3.63, 3.8) is 0 Å². The van der Waals surface area contributed by atoms with Gasteiger partial charge in [-0.05, 0) is 17.5 Å². The number of carbonyl (C=O) groups is 1. The van der Waals surface area contributed by atoms with Crippen LogP contribution in [0.2, 0.25) is 0 Å². The van der Waals surface area contributed by atoms with Crippen molar-refractivity contribution in [3.05, 3.63) is 36.0 Å². The number of carbonyl (C=O) groups excluding carboxylic acids is 1. The lowest BCUT2D eigenvalue weighted by Crippen LogP contribution is -2.53. The minimum atomic E-state index is -0.645. The SMILES string of the molecule is COC(=O)C1(c2cc3ccccc3[nH]2)COC1. The number of rotatable bonds is 2. The summed E-state index contributed by atoms with van der Waals surface area (Å²) in [6, 6.07) is 9.94. The molecule has 3 rings (SSSR count). The molecule has 1 aliphatic rings. The van der Waals surface area contributed by atoms with E-state index in [2.05, 4.69) is 4.98 Å². The molecule has 0 spiro atoms. The molecule has 17 heavy (non-hydrogen) atoms. The van der Waals surface area contributed by atoms with Gasteiger partial charge in [0.05, 0.1) is 20.3 Å². The van der Waals surface area contributed by atoms with Gasteiger partial charge in [-0.3, -0.25) is 4.79 Å². The third kappa shape index (κ3) is 1.37. The normalized spacial score (nSPS) is 17.7. The van der Waals surface area contributed by atoms with Gasteiger partial charge in [-0.25, -0.2) is 0 Å². The number of esters is 1. The van der Waals surface area contributed by atoms with E-state index in [4.69, 9.17) is 9.47 Å². The van der Waals surface area contributed by atoms with Gasteiger partial charge in [-0.15, -0.1) is 0 Å². The number of fused-ring (bicyclic) bond motifs is 1. The molecule has 0 amide bonds. The largest absolute Gasteiger partial charge is 0.468 e. The van der Waals surface area contributed by atoms with Crippen molar-refractivity contribution in [3.8, 4) is 0 Å². The van der Waals surface area contributed by atoms with Crippen molar-refractivity contribution in [1.82, 2.24) is 4.98 Å². The fourth-order valence-corrected chi connectivity index (χ4v) is 2.22. The number of hydrogen-bond acceptors (Lipinski definition) is 3. The predicted octanol–water partition coefficient (Wildman–Crippen LogP) is 1.61. The van der Waals surface area contributed by atoms with Gasteiger partial charge < -0.3 is 14.5 Å². The summed E-state index contributed by atoms with van der Waals surface area (Å²) in [7, 11) is 1.41. The Labute approximate surface area is 98.5 Å². The van der Waals surface area contributed by atoms with Crippen LogP contribution in [0, 0.1) is 0 Å². The first-order chi connectivity index (χ1) is 8.26. The highest BCUT2D eigenvalue weighted by Crippen LogP contribution is 2.34. The number of H-pyrrole nitrogens is 1. The molecule has 0 saturated carbocycles. The van der Waals surface area contributed by atoms with Crippen molar-refractivity contribution < 1.29 is 14.3 Å². The van der Waals surface area contributed by atoms with E-state index >= 15 is 0 Å². The fourth-order valence-electron chi connectivity index (χ4n) is 2.22. The maximum Gasteiger partial charge on any atom is 0.322 e. The third-order valence-electron chi connectivity index (χ3n) is 3.32. The molecule has 2 heterocycles. The number of aromatic nitrogens is 1. The Kier molecular flexibility index (Phi) is 2.19. The second kappa shape index (κ2) is 3.60. The zero-order valence-electron chi connectivity index (χ0n) is 9.53. The molecule has 4 nitrogen and oxygen atoms in total. The second-order valence-corrected chi connectivity index (χ2v) is 4.34. The third-order valence-corrected chi connectivity index (χ3v) is 3.32. The van der Waals surface area contributed by atoms with Crippen molar-refractivity contribution in [2.45, 2.75) is 5.41 Å². The van der Waals surface area contributed by atoms with Crippen LogP contribution in [0.15, 0.2) is 30.3 Å². The van der Waals surface area contributed by atoms with Crippen LogP contribution in [-0.4, -0.2) is 31.3 Å². The minimum absolute atomic E-state index is 0.240. The van der Waals surface area contributed by atoms with E-state index in [-0.39, 0.29) is 5.97 Å². The van der Waals surface area contributed by atoms with Gasteiger partial charge in [-0.2, -0.15) is 0 Å². The topological polar surface area (TPSA) is 51.3 Å². The number of aromatic amines is 1. The molecule has 88 valence electrons. The molecule has 1 saturated heterocycles. The van der Waals surface area contributed by atoms with Crippen LogP contribution >= 0.6 is 0 Å². The Bertz CT molecular complexity index is 536. The van der Waals surface area contributed by atoms with Gasteiger partial charge in [-0.1, -0.05) is 18.2 Å². The highest BCUT2D eigenvalue weighted by molar-refractivity contribution is 5.88. The molecular weight excluding hydrogens is 218 g/mol. The van der Waals surface area contributed by atoms with E-state index in [1.165, 1.54) is 7.11 Å². The molecular formula is C13H13NO3. The van der Waals surface area contributed by atoms with E-state index in [1.54, 1.807) is 0 Å². The van der Waals surface area contributed by atoms with Crippen molar-refractivity contribution >= 4 is 16.9 Å². The van der Waals surface area contributed by atoms with Crippen LogP contribution in [-0.2, 0) is 19.7 Å². The lowest BCUT2D eigenvalue weighted by atomic mass is 9.82. The molecule has 0 atom stereocenters. The lowest BCUT2D eigenvalue weighted by molar-refractivity contribution is -0.167. The summed E-state index contributed by atoms with van der Waals surface area (Å²) in [6.45, 7) is 0.763. The Balaban J connectivity index is 2.10. The number of para-hydroxylation sites is 1. The van der Waals surface area contributed by atoms with Crippen molar-refractivity contribution in [1.29, 1.82) is 0 Å². The molecule has 1 aliphatic heterocycles. The molecule has 0 aliphatic carbocycles. The summed E-state index contributed by atoms with van der Waals surface area (Å²) in [5, 5.41) is 1.10.